The molecule has 0 aromatic heterocycles. The Morgan fingerprint density at radius 3 is 1.40 bits per heavy atom. The van der Waals surface area contributed by atoms with Crippen LogP contribution in [0.2, 0.25) is 0 Å². The van der Waals surface area contributed by atoms with Crippen LogP contribution in [0.3, 0.4) is 0 Å². The van der Waals surface area contributed by atoms with Gasteiger partial charge in [-0.15, -0.1) is 23.5 Å². The SMILES string of the molecule is CC(C)Cc1ccc(C(C)(CCCCC(CCCCC(C)(C(=O)O)c2ccc(CC(C)C)cc2)C2SCCCS2)C(=O)O)cc1. The summed E-state index contributed by atoms with van der Waals surface area (Å²) < 4.78 is 0.581. The zero-order chi connectivity index (χ0) is 33.0. The van der Waals surface area contributed by atoms with Gasteiger partial charge in [0.25, 0.3) is 0 Å². The molecule has 4 nitrogen and oxygen atoms in total. The molecule has 6 heteroatoms. The van der Waals surface area contributed by atoms with Gasteiger partial charge in [0.2, 0.25) is 0 Å². The molecule has 1 saturated heterocycles. The van der Waals surface area contributed by atoms with Crippen LogP contribution in [0.25, 0.3) is 0 Å². The van der Waals surface area contributed by atoms with Crippen molar-refractivity contribution in [3.8, 4) is 0 Å². The van der Waals surface area contributed by atoms with Gasteiger partial charge in [-0.25, -0.2) is 0 Å². The number of rotatable bonds is 19. The predicted molar refractivity (Wildman–Crippen MR) is 194 cm³/mol. The van der Waals surface area contributed by atoms with E-state index in [1.807, 2.05) is 38.1 Å². The number of thioether (sulfide) groups is 2. The lowest BCUT2D eigenvalue weighted by Gasteiger charge is -2.31. The summed E-state index contributed by atoms with van der Waals surface area (Å²) in [6.45, 7) is 12.6. The zero-order valence-electron chi connectivity index (χ0n) is 28.6. The van der Waals surface area contributed by atoms with Gasteiger partial charge in [0.1, 0.15) is 0 Å². The monoisotopic (exact) mass is 654 g/mol. The largest absolute Gasteiger partial charge is 0.481 e. The lowest BCUT2D eigenvalue weighted by atomic mass is 9.77. The first-order valence-electron chi connectivity index (χ1n) is 17.2. The van der Waals surface area contributed by atoms with Gasteiger partial charge in [0.15, 0.2) is 0 Å². The average molecular weight is 655 g/mol. The average Bonchev–Trinajstić information content (AvgIpc) is 3.00. The van der Waals surface area contributed by atoms with E-state index in [9.17, 15) is 19.8 Å². The molecule has 1 heterocycles. The van der Waals surface area contributed by atoms with Crippen molar-refractivity contribution in [2.45, 2.75) is 128 Å². The Balaban J connectivity index is 1.57. The third-order valence-corrected chi connectivity index (χ3v) is 12.9. The van der Waals surface area contributed by atoms with Crippen molar-refractivity contribution in [1.82, 2.24) is 0 Å². The Labute approximate surface area is 281 Å². The summed E-state index contributed by atoms with van der Waals surface area (Å²) in [7, 11) is 0. The predicted octanol–water partition coefficient (Wildman–Crippen LogP) is 10.4. The fourth-order valence-corrected chi connectivity index (χ4v) is 9.99. The lowest BCUT2D eigenvalue weighted by Crippen LogP contribution is -2.32. The molecule has 0 bridgehead atoms. The molecule has 45 heavy (non-hydrogen) atoms. The quantitative estimate of drug-likeness (QED) is 0.147. The summed E-state index contributed by atoms with van der Waals surface area (Å²) in [6.07, 6.45) is 10.6. The smallest absolute Gasteiger partial charge is 0.313 e. The molecule has 2 N–H and O–H groups in total. The molecule has 2 aromatic carbocycles. The Kier molecular flexibility index (Phi) is 14.9. The molecule has 2 unspecified atom stereocenters. The first kappa shape index (κ1) is 37.5. The highest BCUT2D eigenvalue weighted by Gasteiger charge is 2.36. The molecule has 0 saturated carbocycles. The maximum absolute atomic E-state index is 12.5. The summed E-state index contributed by atoms with van der Waals surface area (Å²) in [5, 5.41) is 20.5. The minimum absolute atomic E-state index is 0.568. The molecule has 3 rings (SSSR count). The Morgan fingerprint density at radius 2 is 1.07 bits per heavy atom. The van der Waals surface area contributed by atoms with E-state index in [4.69, 9.17) is 0 Å². The van der Waals surface area contributed by atoms with Crippen molar-refractivity contribution in [3.05, 3.63) is 70.8 Å². The summed E-state index contributed by atoms with van der Waals surface area (Å²) in [4.78, 5) is 25.0. The van der Waals surface area contributed by atoms with Crippen molar-refractivity contribution in [2.24, 2.45) is 17.8 Å². The van der Waals surface area contributed by atoms with Crippen LogP contribution in [-0.2, 0) is 33.3 Å². The zero-order valence-corrected chi connectivity index (χ0v) is 30.3. The summed E-state index contributed by atoms with van der Waals surface area (Å²) in [5.74, 6) is 2.64. The van der Waals surface area contributed by atoms with Crippen molar-refractivity contribution in [1.29, 1.82) is 0 Å². The lowest BCUT2D eigenvalue weighted by molar-refractivity contribution is -0.144. The van der Waals surface area contributed by atoms with E-state index >= 15 is 0 Å². The molecule has 1 aliphatic heterocycles. The van der Waals surface area contributed by atoms with Crippen LogP contribution < -0.4 is 0 Å². The van der Waals surface area contributed by atoms with E-state index in [1.54, 1.807) is 0 Å². The number of carboxylic acids is 2. The van der Waals surface area contributed by atoms with Crippen LogP contribution in [0.5, 0.6) is 0 Å². The first-order valence-corrected chi connectivity index (χ1v) is 19.3. The molecule has 1 fully saturated rings. The first-order chi connectivity index (χ1) is 21.3. The summed E-state index contributed by atoms with van der Waals surface area (Å²) >= 11 is 4.17. The number of hydrogen-bond donors (Lipinski definition) is 2. The number of unbranched alkanes of at least 4 members (excludes halogenated alkanes) is 2. The molecule has 0 amide bonds. The van der Waals surface area contributed by atoms with Gasteiger partial charge in [0, 0.05) is 0 Å². The molecular formula is C39H58O4S2. The Morgan fingerprint density at radius 1 is 0.689 bits per heavy atom. The van der Waals surface area contributed by atoms with Crippen molar-refractivity contribution in [3.63, 3.8) is 0 Å². The van der Waals surface area contributed by atoms with Gasteiger partial charge in [-0.1, -0.05) is 102 Å². The summed E-state index contributed by atoms with van der Waals surface area (Å²) in [6, 6.07) is 16.5. The highest BCUT2D eigenvalue weighted by molar-refractivity contribution is 8.17. The van der Waals surface area contributed by atoms with E-state index in [0.29, 0.717) is 35.2 Å². The van der Waals surface area contributed by atoms with Crippen LogP contribution in [-0.4, -0.2) is 38.2 Å². The molecule has 2 atom stereocenters. The van der Waals surface area contributed by atoms with Gasteiger partial charge in [0.05, 0.1) is 15.4 Å². The highest BCUT2D eigenvalue weighted by Crippen LogP contribution is 2.41. The normalized spacial score (nSPS) is 17.6. The number of hydrogen-bond acceptors (Lipinski definition) is 4. The van der Waals surface area contributed by atoms with Crippen LogP contribution in [0.15, 0.2) is 48.5 Å². The number of carboxylic acid groups (broad SMARTS) is 2. The standard InChI is InChI=1S/C39H58O4S2/c1-28(2)26-30-14-18-33(19-15-30)38(5,36(40)41)22-9-7-12-32(35-44-24-11-25-45-35)13-8-10-23-39(6,37(42)43)34-20-16-31(17-21-34)27-29(3)4/h14-21,28-29,32,35H,7-13,22-27H2,1-6H3,(H,40,41)(H,42,43). The molecular weight excluding hydrogens is 597 g/mol. The molecule has 1 aliphatic rings. The fraction of sp³-hybridized carbons (Fsp3) is 0.641. The minimum atomic E-state index is -0.880. The fourth-order valence-electron chi connectivity index (χ4n) is 6.67. The number of aliphatic carboxylic acids is 2. The van der Waals surface area contributed by atoms with Crippen molar-refractivity contribution < 1.29 is 19.8 Å². The third-order valence-electron chi connectivity index (χ3n) is 9.66. The number of benzene rings is 2. The maximum atomic E-state index is 12.5. The second-order valence-corrected chi connectivity index (χ2v) is 17.4. The van der Waals surface area contributed by atoms with Crippen LogP contribution >= 0.6 is 23.5 Å². The molecule has 0 aliphatic carbocycles. The molecule has 0 radical (unpaired) electrons. The van der Waals surface area contributed by atoms with Crippen LogP contribution in [0.1, 0.15) is 122 Å². The Hall–Kier alpha value is -1.92. The van der Waals surface area contributed by atoms with Crippen LogP contribution in [0, 0.1) is 17.8 Å². The summed E-state index contributed by atoms with van der Waals surface area (Å²) in [5.41, 5.74) is 2.55. The van der Waals surface area contributed by atoms with Gasteiger partial charge >= 0.3 is 11.9 Å². The Bertz CT molecular complexity index is 1100. The van der Waals surface area contributed by atoms with E-state index in [-0.39, 0.29) is 0 Å². The number of carbonyl (C=O) groups is 2. The molecule has 2 aromatic rings. The van der Waals surface area contributed by atoms with E-state index in [1.165, 1.54) is 29.1 Å². The van der Waals surface area contributed by atoms with Gasteiger partial charge in [-0.3, -0.25) is 9.59 Å². The van der Waals surface area contributed by atoms with Crippen molar-refractivity contribution in [2.75, 3.05) is 11.5 Å². The van der Waals surface area contributed by atoms with E-state index < -0.39 is 22.8 Å². The topological polar surface area (TPSA) is 74.6 Å². The van der Waals surface area contributed by atoms with Gasteiger partial charge < -0.3 is 10.2 Å². The molecule has 0 spiro atoms. The highest BCUT2D eigenvalue weighted by atomic mass is 32.2. The molecule has 250 valence electrons. The minimum Gasteiger partial charge on any atom is -0.481 e. The van der Waals surface area contributed by atoms with Gasteiger partial charge in [-0.2, -0.15) is 0 Å². The second-order valence-electron chi connectivity index (χ2n) is 14.6. The van der Waals surface area contributed by atoms with E-state index in [2.05, 4.69) is 75.5 Å². The van der Waals surface area contributed by atoms with E-state index in [0.717, 1.165) is 62.5 Å². The second kappa shape index (κ2) is 17.8. The third kappa shape index (κ3) is 11.1. The van der Waals surface area contributed by atoms with Crippen LogP contribution in [0.4, 0.5) is 0 Å². The van der Waals surface area contributed by atoms with Gasteiger partial charge in [-0.05, 0) is 110 Å². The maximum Gasteiger partial charge on any atom is 0.313 e. The van der Waals surface area contributed by atoms with Crippen molar-refractivity contribution >= 4 is 35.5 Å².